The standard InChI is InChI=1S/C28H20N4O4S/c33-24(25-27(35)36-30-32(25)22-16-8-3-9-17-22)19-37-28-29-23(18-10-13-20-11-4-1-5-12-20)26(34)31(28)21-14-6-2-7-15-21/h1-18H,19H2/p+1/b13-10+,23-18+. The highest BCUT2D eigenvalue weighted by molar-refractivity contribution is 8.14. The van der Waals surface area contributed by atoms with Crippen molar-refractivity contribution in [3.05, 3.63) is 131 Å². The van der Waals surface area contributed by atoms with E-state index in [1.165, 1.54) is 9.58 Å². The average molecular weight is 510 g/mol. The number of carbonyl (C=O) groups is 2. The lowest BCUT2D eigenvalue weighted by molar-refractivity contribution is -0.672. The maximum atomic E-state index is 13.3. The Bertz CT molecular complexity index is 1570. The Labute approximate surface area is 216 Å². The Morgan fingerprint density at radius 2 is 1.59 bits per heavy atom. The number of para-hydroxylation sites is 2. The second-order valence-electron chi connectivity index (χ2n) is 7.90. The van der Waals surface area contributed by atoms with Gasteiger partial charge in [-0.2, -0.15) is 0 Å². The number of nitrogens with zero attached hydrogens (tertiary/aromatic N) is 3. The third-order valence-corrected chi connectivity index (χ3v) is 6.38. The van der Waals surface area contributed by atoms with E-state index >= 15 is 0 Å². The van der Waals surface area contributed by atoms with Crippen LogP contribution < -0.4 is 15.2 Å². The van der Waals surface area contributed by atoms with Gasteiger partial charge in [0.05, 0.1) is 11.4 Å². The Hall–Kier alpha value is -4.76. The fraction of sp³-hybridized carbons (Fsp3) is 0.0357. The van der Waals surface area contributed by atoms with Crippen LogP contribution in [0.4, 0.5) is 5.69 Å². The number of benzene rings is 3. The number of aromatic amines is 1. The van der Waals surface area contributed by atoms with Crippen LogP contribution in [0.25, 0.3) is 11.8 Å². The Morgan fingerprint density at radius 3 is 2.30 bits per heavy atom. The summed E-state index contributed by atoms with van der Waals surface area (Å²) < 4.78 is 6.20. The maximum absolute atomic E-state index is 13.3. The van der Waals surface area contributed by atoms with Crippen LogP contribution >= 0.6 is 11.8 Å². The number of H-pyrrole nitrogens is 1. The molecule has 0 unspecified atom stereocenters. The minimum Gasteiger partial charge on any atom is -0.286 e. The van der Waals surface area contributed by atoms with Gasteiger partial charge < -0.3 is 0 Å². The van der Waals surface area contributed by atoms with Crippen molar-refractivity contribution in [1.29, 1.82) is 0 Å². The number of aliphatic imine (C=N–C) groups is 1. The minimum absolute atomic E-state index is 0.127. The fourth-order valence-corrected chi connectivity index (χ4v) is 4.57. The van der Waals surface area contributed by atoms with Gasteiger partial charge in [-0.15, -0.1) is 0 Å². The number of hydrogen-bond donors (Lipinski definition) is 1. The van der Waals surface area contributed by atoms with E-state index in [1.807, 2.05) is 60.7 Å². The van der Waals surface area contributed by atoms with E-state index < -0.39 is 11.4 Å². The van der Waals surface area contributed by atoms with E-state index in [9.17, 15) is 14.4 Å². The molecule has 0 bridgehead atoms. The monoisotopic (exact) mass is 509 g/mol. The highest BCUT2D eigenvalue weighted by Crippen LogP contribution is 2.28. The van der Waals surface area contributed by atoms with E-state index in [1.54, 1.807) is 48.6 Å². The van der Waals surface area contributed by atoms with E-state index in [-0.39, 0.29) is 23.1 Å². The van der Waals surface area contributed by atoms with Crippen molar-refractivity contribution in [3.8, 4) is 5.69 Å². The van der Waals surface area contributed by atoms with Gasteiger partial charge in [0.2, 0.25) is 11.5 Å². The number of nitrogens with one attached hydrogen (secondary N) is 1. The van der Waals surface area contributed by atoms with Crippen LogP contribution in [0.5, 0.6) is 0 Å². The summed E-state index contributed by atoms with van der Waals surface area (Å²) >= 11 is 1.08. The van der Waals surface area contributed by atoms with Crippen LogP contribution in [0.3, 0.4) is 0 Å². The van der Waals surface area contributed by atoms with Gasteiger partial charge in [0, 0.05) is 12.1 Å². The number of rotatable bonds is 7. The molecule has 0 atom stereocenters. The normalized spacial score (nSPS) is 14.5. The SMILES string of the molecule is O=C(CSC1=N/C(=C/C=C/c2ccccc2)C(=O)N1c1ccccc1)c1c(=O)o[nH][n+]1-c1ccccc1. The zero-order chi connectivity index (χ0) is 25.6. The first-order valence-electron chi connectivity index (χ1n) is 11.4. The number of hydrogen-bond acceptors (Lipinski definition) is 6. The molecule has 0 fully saturated rings. The topological polar surface area (TPSA) is 99.6 Å². The summed E-state index contributed by atoms with van der Waals surface area (Å²) in [5.41, 5.74) is 1.53. The third kappa shape index (κ3) is 5.26. The van der Waals surface area contributed by atoms with Crippen molar-refractivity contribution in [1.82, 2.24) is 5.27 Å². The zero-order valence-corrected chi connectivity index (χ0v) is 20.3. The van der Waals surface area contributed by atoms with Gasteiger partial charge in [0.1, 0.15) is 5.70 Å². The number of ketones is 1. The predicted octanol–water partition coefficient (Wildman–Crippen LogP) is 4.16. The molecule has 0 aliphatic carbocycles. The molecule has 9 heteroatoms. The van der Waals surface area contributed by atoms with Crippen LogP contribution in [0, 0.1) is 0 Å². The summed E-state index contributed by atoms with van der Waals surface area (Å²) in [4.78, 5) is 44.7. The second kappa shape index (κ2) is 10.9. The van der Waals surface area contributed by atoms with Crippen LogP contribution in [0.2, 0.25) is 0 Å². The lowest BCUT2D eigenvalue weighted by Gasteiger charge is -2.17. The second-order valence-corrected chi connectivity index (χ2v) is 8.85. The molecule has 37 heavy (non-hydrogen) atoms. The first-order chi connectivity index (χ1) is 18.1. The quantitative estimate of drug-likeness (QED) is 0.229. The number of allylic oxidation sites excluding steroid dienone is 2. The lowest BCUT2D eigenvalue weighted by atomic mass is 10.2. The number of anilines is 1. The molecule has 0 spiro atoms. The van der Waals surface area contributed by atoms with Crippen molar-refractivity contribution in [2.75, 3.05) is 10.7 Å². The zero-order valence-electron chi connectivity index (χ0n) is 19.5. The van der Waals surface area contributed by atoms with Gasteiger partial charge in [0.15, 0.2) is 5.17 Å². The molecule has 1 aliphatic rings. The van der Waals surface area contributed by atoms with Crippen LogP contribution in [0.1, 0.15) is 16.1 Å². The van der Waals surface area contributed by atoms with Crippen molar-refractivity contribution >= 4 is 40.4 Å². The highest BCUT2D eigenvalue weighted by Gasteiger charge is 2.35. The van der Waals surface area contributed by atoms with Gasteiger partial charge in [-0.05, 0) is 33.7 Å². The molecular weight excluding hydrogens is 488 g/mol. The predicted molar refractivity (Wildman–Crippen MR) is 143 cm³/mol. The number of amidine groups is 1. The lowest BCUT2D eigenvalue weighted by Crippen LogP contribution is -2.41. The molecule has 0 saturated carbocycles. The molecule has 8 nitrogen and oxygen atoms in total. The number of aromatic nitrogens is 2. The Balaban J connectivity index is 1.40. The average Bonchev–Trinajstić information content (AvgIpc) is 3.48. The van der Waals surface area contributed by atoms with Crippen molar-refractivity contribution in [3.63, 3.8) is 0 Å². The highest BCUT2D eigenvalue weighted by atomic mass is 32.2. The largest absolute Gasteiger partial charge is 0.438 e. The van der Waals surface area contributed by atoms with E-state index in [2.05, 4.69) is 10.3 Å². The third-order valence-electron chi connectivity index (χ3n) is 5.44. The smallest absolute Gasteiger partial charge is 0.286 e. The van der Waals surface area contributed by atoms with Crippen LogP contribution in [-0.2, 0) is 4.79 Å². The van der Waals surface area contributed by atoms with E-state index in [0.717, 1.165) is 17.3 Å². The van der Waals surface area contributed by atoms with Crippen molar-refractivity contribution in [2.45, 2.75) is 0 Å². The fourth-order valence-electron chi connectivity index (χ4n) is 3.70. The van der Waals surface area contributed by atoms with Gasteiger partial charge in [-0.3, -0.25) is 19.0 Å². The molecule has 1 N–H and O–H groups in total. The minimum atomic E-state index is -0.773. The van der Waals surface area contributed by atoms with Crippen LogP contribution in [0.15, 0.2) is 123 Å². The summed E-state index contributed by atoms with van der Waals surface area (Å²) in [6.45, 7) is 0. The first-order valence-corrected chi connectivity index (χ1v) is 12.4. The molecule has 3 aromatic carbocycles. The molecule has 4 aromatic rings. The van der Waals surface area contributed by atoms with Gasteiger partial charge in [-0.25, -0.2) is 9.79 Å². The van der Waals surface area contributed by atoms with Gasteiger partial charge in [-0.1, -0.05) is 90.6 Å². The number of carbonyl (C=O) groups excluding carboxylic acids is 2. The molecule has 182 valence electrons. The van der Waals surface area contributed by atoms with Crippen molar-refractivity contribution in [2.24, 2.45) is 4.99 Å². The molecule has 0 radical (unpaired) electrons. The first kappa shape index (κ1) is 24.0. The Kier molecular flexibility index (Phi) is 7.05. The summed E-state index contributed by atoms with van der Waals surface area (Å²) in [6, 6.07) is 27.7. The van der Waals surface area contributed by atoms with Crippen molar-refractivity contribution < 1.29 is 18.8 Å². The molecule has 1 aliphatic heterocycles. The molecule has 1 amide bonds. The molecule has 2 heterocycles. The molecular formula is C28H21N4O4S+. The van der Waals surface area contributed by atoms with Crippen LogP contribution in [-0.4, -0.2) is 27.9 Å². The van der Waals surface area contributed by atoms with E-state index in [0.29, 0.717) is 16.5 Å². The van der Waals surface area contributed by atoms with Gasteiger partial charge in [0.25, 0.3) is 5.91 Å². The Morgan fingerprint density at radius 1 is 0.946 bits per heavy atom. The summed E-state index contributed by atoms with van der Waals surface area (Å²) in [5.74, 6) is -0.898. The summed E-state index contributed by atoms with van der Waals surface area (Å²) in [5, 5.41) is 2.81. The summed E-state index contributed by atoms with van der Waals surface area (Å²) in [7, 11) is 0. The molecule has 5 rings (SSSR count). The molecule has 1 aromatic heterocycles. The number of amides is 1. The van der Waals surface area contributed by atoms with Gasteiger partial charge >= 0.3 is 11.3 Å². The summed E-state index contributed by atoms with van der Waals surface area (Å²) in [6.07, 6.45) is 5.29. The number of Topliss-reactive ketones (excluding diaryl/α,β-unsaturated/α-hetero) is 1. The maximum Gasteiger partial charge on any atom is 0.438 e. The molecule has 0 saturated heterocycles. The number of thioether (sulfide) groups is 1. The van der Waals surface area contributed by atoms with E-state index in [4.69, 9.17) is 4.52 Å².